The van der Waals surface area contributed by atoms with Crippen LogP contribution >= 0.6 is 0 Å². The Bertz CT molecular complexity index is 708. The smallest absolute Gasteiger partial charge is 0.413 e. The Kier molecular flexibility index (Phi) is 5.02. The Morgan fingerprint density at radius 2 is 2.04 bits per heavy atom. The van der Waals surface area contributed by atoms with Gasteiger partial charge in [0.1, 0.15) is 11.4 Å². The minimum atomic E-state index is -0.593. The molecule has 23 heavy (non-hydrogen) atoms. The lowest BCUT2D eigenvalue weighted by molar-refractivity contribution is 0.0634. The summed E-state index contributed by atoms with van der Waals surface area (Å²) in [4.78, 5) is 16.3. The summed E-state index contributed by atoms with van der Waals surface area (Å²) in [5.74, 6) is 0.490. The predicted molar refractivity (Wildman–Crippen MR) is 86.9 cm³/mol. The molecule has 0 aliphatic heterocycles. The number of carbonyl (C=O) groups excluding carboxylic acids is 1. The van der Waals surface area contributed by atoms with Crippen LogP contribution in [0.1, 0.15) is 32.0 Å². The molecule has 1 amide bonds. The van der Waals surface area contributed by atoms with Gasteiger partial charge in [0.05, 0.1) is 31.1 Å². The maximum atomic E-state index is 12.0. The van der Waals surface area contributed by atoms with Crippen LogP contribution in [-0.4, -0.2) is 21.2 Å². The molecule has 0 unspecified atom stereocenters. The van der Waals surface area contributed by atoms with E-state index in [-0.39, 0.29) is 6.42 Å². The van der Waals surface area contributed by atoms with E-state index < -0.39 is 11.7 Å². The van der Waals surface area contributed by atoms with E-state index in [1.807, 2.05) is 30.3 Å². The van der Waals surface area contributed by atoms with Crippen molar-refractivity contribution < 1.29 is 9.53 Å². The van der Waals surface area contributed by atoms with Gasteiger partial charge in [0, 0.05) is 0 Å². The molecule has 2 rings (SSSR count). The first kappa shape index (κ1) is 16.6. The molecule has 1 N–H and O–H groups in total. The van der Waals surface area contributed by atoms with Gasteiger partial charge in [0.25, 0.3) is 0 Å². The van der Waals surface area contributed by atoms with Crippen molar-refractivity contribution in [1.82, 2.24) is 9.55 Å². The number of ether oxygens (including phenoxy) is 1. The fourth-order valence-corrected chi connectivity index (χ4v) is 2.07. The number of nitrogens with zero attached hydrogens (tertiary/aromatic N) is 3. The second-order valence-electron chi connectivity index (χ2n) is 6.12. The van der Waals surface area contributed by atoms with E-state index in [1.165, 1.54) is 0 Å². The highest BCUT2D eigenvalue weighted by molar-refractivity contribution is 5.84. The van der Waals surface area contributed by atoms with Crippen molar-refractivity contribution in [2.45, 2.75) is 39.3 Å². The van der Waals surface area contributed by atoms with Gasteiger partial charge in [0.2, 0.25) is 0 Å². The second-order valence-corrected chi connectivity index (χ2v) is 6.12. The number of anilines is 1. The highest BCUT2D eigenvalue weighted by Gasteiger charge is 2.20. The van der Waals surface area contributed by atoms with Gasteiger partial charge in [-0.15, -0.1) is 0 Å². The van der Waals surface area contributed by atoms with Gasteiger partial charge in [0.15, 0.2) is 0 Å². The molecule has 6 heteroatoms. The van der Waals surface area contributed by atoms with E-state index in [0.717, 1.165) is 5.56 Å². The van der Waals surface area contributed by atoms with Gasteiger partial charge < -0.3 is 9.30 Å². The molecule has 1 heterocycles. The standard InChI is InChI=1S/C17H20N4O2/c1-17(2,3)23-16(22)20-15-14(9-10-18)19-12-21(15)11-13-7-5-4-6-8-13/h4-8,12H,9,11H2,1-3H3,(H,20,22). The third-order valence-corrected chi connectivity index (χ3v) is 2.98. The van der Waals surface area contributed by atoms with Crippen LogP contribution in [-0.2, 0) is 17.7 Å². The summed E-state index contributed by atoms with van der Waals surface area (Å²) in [7, 11) is 0. The average Bonchev–Trinajstić information content (AvgIpc) is 2.81. The summed E-state index contributed by atoms with van der Waals surface area (Å²) in [6, 6.07) is 11.9. The molecular weight excluding hydrogens is 292 g/mol. The highest BCUT2D eigenvalue weighted by Crippen LogP contribution is 2.18. The molecule has 1 aromatic carbocycles. The lowest BCUT2D eigenvalue weighted by atomic mass is 10.2. The minimum absolute atomic E-state index is 0.118. The van der Waals surface area contributed by atoms with Crippen molar-refractivity contribution in [3.05, 3.63) is 47.9 Å². The molecule has 0 aliphatic rings. The number of benzene rings is 1. The molecule has 120 valence electrons. The van der Waals surface area contributed by atoms with E-state index in [9.17, 15) is 4.79 Å². The van der Waals surface area contributed by atoms with Crippen molar-refractivity contribution in [2.24, 2.45) is 0 Å². The van der Waals surface area contributed by atoms with Crippen LogP contribution in [0, 0.1) is 11.3 Å². The van der Waals surface area contributed by atoms with Crippen LogP contribution in [0.2, 0.25) is 0 Å². The quantitative estimate of drug-likeness (QED) is 0.939. The van der Waals surface area contributed by atoms with Crippen LogP contribution < -0.4 is 5.32 Å². The summed E-state index contributed by atoms with van der Waals surface area (Å²) >= 11 is 0. The molecule has 2 aromatic rings. The minimum Gasteiger partial charge on any atom is -0.444 e. The number of hydrogen-bond donors (Lipinski definition) is 1. The van der Waals surface area contributed by atoms with E-state index >= 15 is 0 Å². The van der Waals surface area contributed by atoms with Gasteiger partial charge in [-0.05, 0) is 26.3 Å². The first-order valence-electron chi connectivity index (χ1n) is 7.34. The van der Waals surface area contributed by atoms with Gasteiger partial charge in [-0.2, -0.15) is 5.26 Å². The van der Waals surface area contributed by atoms with Gasteiger partial charge in [-0.1, -0.05) is 30.3 Å². The number of hydrogen-bond acceptors (Lipinski definition) is 4. The number of imidazole rings is 1. The SMILES string of the molecule is CC(C)(C)OC(=O)Nc1c(CC#N)ncn1Cc1ccccc1. The molecular formula is C17H20N4O2. The van der Waals surface area contributed by atoms with Crippen molar-refractivity contribution >= 4 is 11.9 Å². The average molecular weight is 312 g/mol. The Morgan fingerprint density at radius 1 is 1.35 bits per heavy atom. The summed E-state index contributed by atoms with van der Waals surface area (Å²) in [6.07, 6.45) is 1.17. The van der Waals surface area contributed by atoms with Crippen molar-refractivity contribution in [3.8, 4) is 6.07 Å². The Balaban J connectivity index is 2.23. The molecule has 0 fully saturated rings. The Labute approximate surface area is 135 Å². The van der Waals surface area contributed by atoms with Crippen LogP contribution in [0.25, 0.3) is 0 Å². The second kappa shape index (κ2) is 6.97. The van der Waals surface area contributed by atoms with Crippen LogP contribution in [0.3, 0.4) is 0 Å². The van der Waals surface area contributed by atoms with E-state index in [2.05, 4.69) is 16.4 Å². The zero-order valence-electron chi connectivity index (χ0n) is 13.5. The van der Waals surface area contributed by atoms with Crippen molar-refractivity contribution in [3.63, 3.8) is 0 Å². The molecule has 0 saturated carbocycles. The number of nitriles is 1. The normalized spacial score (nSPS) is 10.9. The summed E-state index contributed by atoms with van der Waals surface area (Å²) < 4.78 is 7.07. The lowest BCUT2D eigenvalue weighted by Gasteiger charge is -2.20. The largest absolute Gasteiger partial charge is 0.444 e. The number of rotatable bonds is 4. The molecule has 0 aliphatic carbocycles. The Morgan fingerprint density at radius 3 is 2.65 bits per heavy atom. The number of nitrogens with one attached hydrogen (secondary N) is 1. The summed E-state index contributed by atoms with van der Waals surface area (Å²) in [6.45, 7) is 5.93. The van der Waals surface area contributed by atoms with Crippen molar-refractivity contribution in [1.29, 1.82) is 5.26 Å². The molecule has 0 bridgehead atoms. The van der Waals surface area contributed by atoms with E-state index in [4.69, 9.17) is 10.00 Å². The summed E-state index contributed by atoms with van der Waals surface area (Å²) in [5.41, 5.74) is 0.999. The molecule has 0 saturated heterocycles. The number of aromatic nitrogens is 2. The third-order valence-electron chi connectivity index (χ3n) is 2.98. The monoisotopic (exact) mass is 312 g/mol. The molecule has 0 radical (unpaired) electrons. The Hall–Kier alpha value is -2.81. The maximum Gasteiger partial charge on any atom is 0.413 e. The number of carbonyl (C=O) groups is 1. The fourth-order valence-electron chi connectivity index (χ4n) is 2.07. The third kappa shape index (κ3) is 4.85. The van der Waals surface area contributed by atoms with Gasteiger partial charge in [-0.3, -0.25) is 5.32 Å². The maximum absolute atomic E-state index is 12.0. The van der Waals surface area contributed by atoms with Crippen LogP contribution in [0.5, 0.6) is 0 Å². The zero-order chi connectivity index (χ0) is 16.9. The molecule has 0 spiro atoms. The van der Waals surface area contributed by atoms with Crippen molar-refractivity contribution in [2.75, 3.05) is 5.32 Å². The molecule has 0 atom stereocenters. The first-order chi connectivity index (χ1) is 10.9. The van der Waals surface area contributed by atoms with E-state index in [1.54, 1.807) is 31.7 Å². The predicted octanol–water partition coefficient (Wildman–Crippen LogP) is 3.34. The topological polar surface area (TPSA) is 79.9 Å². The van der Waals surface area contributed by atoms with E-state index in [0.29, 0.717) is 18.1 Å². The lowest BCUT2D eigenvalue weighted by Crippen LogP contribution is -2.28. The fraction of sp³-hybridized carbons (Fsp3) is 0.353. The number of amides is 1. The van der Waals surface area contributed by atoms with Crippen LogP contribution in [0.4, 0.5) is 10.6 Å². The van der Waals surface area contributed by atoms with Gasteiger partial charge >= 0.3 is 6.09 Å². The van der Waals surface area contributed by atoms with Crippen LogP contribution in [0.15, 0.2) is 36.7 Å². The first-order valence-corrected chi connectivity index (χ1v) is 7.34. The zero-order valence-corrected chi connectivity index (χ0v) is 13.5. The summed E-state index contributed by atoms with van der Waals surface area (Å²) in [5, 5.41) is 11.6. The molecule has 6 nitrogen and oxygen atoms in total. The highest BCUT2D eigenvalue weighted by atomic mass is 16.6. The molecule has 1 aromatic heterocycles. The van der Waals surface area contributed by atoms with Gasteiger partial charge in [-0.25, -0.2) is 9.78 Å².